The Bertz CT molecular complexity index is 295. The number of phosphoric acid groups is 2. The average Bonchev–Trinajstić information content (AvgIpc) is 1.41. The molecule has 18 heteroatoms. The summed E-state index contributed by atoms with van der Waals surface area (Å²) in [6, 6.07) is 0. The summed E-state index contributed by atoms with van der Waals surface area (Å²) < 4.78 is 51.3. The molecule has 0 saturated carbocycles. The van der Waals surface area contributed by atoms with Crippen LogP contribution in [0.4, 0.5) is 0 Å². The molecule has 0 saturated heterocycles. The SMILES string of the molecule is O=P([O-])([O-])O.O=P([O-])([O-])[O-].O=S(=O)([O-])[O-].[Al+3].[Ca+2].[Mg+2]. The van der Waals surface area contributed by atoms with E-state index >= 15 is 0 Å². The van der Waals surface area contributed by atoms with Crippen LogP contribution in [0.25, 0.3) is 0 Å². The molecule has 0 unspecified atom stereocenters. The molecule has 0 aromatic carbocycles. The Morgan fingerprint density at radius 1 is 0.889 bits per heavy atom. The Morgan fingerprint density at radius 3 is 0.889 bits per heavy atom. The predicted molar refractivity (Wildman–Crippen MR) is 45.2 cm³/mol. The van der Waals surface area contributed by atoms with Gasteiger partial charge in [0.2, 0.25) is 0 Å². The Hall–Kier alpha value is 2.65. The van der Waals surface area contributed by atoms with Gasteiger partial charge in [0, 0.05) is 10.4 Å². The largest absolute Gasteiger partial charge is 3.00 e. The van der Waals surface area contributed by atoms with Crippen molar-refractivity contribution in [3.05, 3.63) is 0 Å². The first-order valence-corrected chi connectivity index (χ1v) is 6.43. The maximum Gasteiger partial charge on any atom is 3.00 e. The van der Waals surface area contributed by atoms with Crippen molar-refractivity contribution in [2.75, 3.05) is 0 Å². The van der Waals surface area contributed by atoms with Gasteiger partial charge in [-0.25, -0.2) is 0 Å². The fraction of sp³-hybridized carbons (Fsp3) is 0. The van der Waals surface area contributed by atoms with Crippen LogP contribution < -0.4 is 24.5 Å². The predicted octanol–water partition coefficient (Wildman–Crippen LogP) is -7.50. The zero-order chi connectivity index (χ0) is 13.5. The normalized spacial score (nSPS) is 9.78. The van der Waals surface area contributed by atoms with Gasteiger partial charge in [-0.1, -0.05) is 0 Å². The Kier molecular flexibility index (Phi) is 33.1. The molecule has 0 rings (SSSR count). The van der Waals surface area contributed by atoms with Gasteiger partial charge in [-0.15, -0.1) is 0 Å². The van der Waals surface area contributed by atoms with Gasteiger partial charge in [0.15, 0.2) is 0 Å². The van der Waals surface area contributed by atoms with E-state index in [2.05, 4.69) is 0 Å². The van der Waals surface area contributed by atoms with Crippen LogP contribution >= 0.6 is 15.6 Å². The summed E-state index contributed by atoms with van der Waals surface area (Å²) in [5, 5.41) is 0. The van der Waals surface area contributed by atoms with E-state index in [1.54, 1.807) is 0 Å². The topological polar surface area (TPSA) is 250 Å². The van der Waals surface area contributed by atoms with Gasteiger partial charge in [-0.2, -0.15) is 7.82 Å². The maximum atomic E-state index is 8.66. The van der Waals surface area contributed by atoms with Crippen molar-refractivity contribution in [2.45, 2.75) is 0 Å². The summed E-state index contributed by atoms with van der Waals surface area (Å²) in [5.41, 5.74) is 0. The van der Waals surface area contributed by atoms with Gasteiger partial charge in [0.05, 0.1) is 7.82 Å². The van der Waals surface area contributed by atoms with Gasteiger partial charge in [0.25, 0.3) is 0 Å². The van der Waals surface area contributed by atoms with Gasteiger partial charge < -0.3 is 47.6 Å². The van der Waals surface area contributed by atoms with E-state index in [1.807, 2.05) is 0 Å². The summed E-state index contributed by atoms with van der Waals surface area (Å²) >= 11 is 0. The molecule has 0 fully saturated rings. The van der Waals surface area contributed by atoms with E-state index in [9.17, 15) is 0 Å². The number of hydrogen-bond donors (Lipinski definition) is 1. The van der Waals surface area contributed by atoms with Crippen LogP contribution in [0.3, 0.4) is 0 Å². The van der Waals surface area contributed by atoms with Crippen molar-refractivity contribution in [2.24, 2.45) is 0 Å². The van der Waals surface area contributed by atoms with Gasteiger partial charge in [-0.3, -0.25) is 8.42 Å². The molecule has 0 aliphatic carbocycles. The molecule has 12 nitrogen and oxygen atoms in total. The van der Waals surface area contributed by atoms with E-state index in [0.29, 0.717) is 0 Å². The maximum absolute atomic E-state index is 8.66. The number of rotatable bonds is 0. The van der Waals surface area contributed by atoms with Gasteiger partial charge in [-0.05, 0) is 0 Å². The third kappa shape index (κ3) is 828. The summed E-state index contributed by atoms with van der Waals surface area (Å²) in [5.74, 6) is 0. The van der Waals surface area contributed by atoms with Crippen LogP contribution in [0, 0.1) is 0 Å². The van der Waals surface area contributed by atoms with E-state index in [4.69, 9.17) is 56.0 Å². The van der Waals surface area contributed by atoms with Crippen molar-refractivity contribution < 1.29 is 56.0 Å². The van der Waals surface area contributed by atoms with Crippen LogP contribution in [0.2, 0.25) is 0 Å². The number of hydrogen-bond acceptors (Lipinski definition) is 11. The van der Waals surface area contributed by atoms with Crippen molar-refractivity contribution in [1.82, 2.24) is 0 Å². The molecule has 0 spiro atoms. The van der Waals surface area contributed by atoms with Crippen molar-refractivity contribution in [3.8, 4) is 0 Å². The minimum Gasteiger partial charge on any atom is -0.822 e. The smallest absolute Gasteiger partial charge is 0.822 e. The van der Waals surface area contributed by atoms with Crippen molar-refractivity contribution >= 4 is 104 Å². The minimum absolute atomic E-state index is 0. The first-order chi connectivity index (χ1) is 6.00. The molecule has 0 atom stereocenters. The van der Waals surface area contributed by atoms with E-state index in [0.717, 1.165) is 0 Å². The van der Waals surface area contributed by atoms with E-state index < -0.39 is 26.0 Å². The fourth-order valence-electron chi connectivity index (χ4n) is 0. The summed E-state index contributed by atoms with van der Waals surface area (Å²) in [6.07, 6.45) is 0. The molecule has 0 aromatic heterocycles. The molecule has 0 aromatic rings. The Balaban J connectivity index is -0.0000000277. The van der Waals surface area contributed by atoms with Crippen molar-refractivity contribution in [3.63, 3.8) is 0 Å². The van der Waals surface area contributed by atoms with E-state index in [-0.39, 0.29) is 78.2 Å². The molecular formula is HAlCaMgO12P2S. The zero-order valence-corrected chi connectivity index (χ0v) is 15.6. The molecule has 18 heavy (non-hydrogen) atoms. The van der Waals surface area contributed by atoms with Gasteiger partial charge in [0.1, 0.15) is 0 Å². The Morgan fingerprint density at radius 2 is 0.889 bits per heavy atom. The van der Waals surface area contributed by atoms with Gasteiger partial charge >= 0.3 is 78.2 Å². The van der Waals surface area contributed by atoms with Crippen LogP contribution in [0.1, 0.15) is 0 Å². The molecule has 0 radical (unpaired) electrons. The standard InChI is InChI=1S/Al.Ca.Mg.2H3O4P.H2O4S/c;;;3*1-5(2,3)4/h;;;2*(H3,1,2,3,4);(H2,1,2,3,4)/q+3;2*+2;;;/p-7. The van der Waals surface area contributed by atoms with Crippen LogP contribution in [-0.2, 0) is 19.5 Å². The monoisotopic (exact) mass is 378 g/mol. The summed E-state index contributed by atoms with van der Waals surface area (Å²) in [7, 11) is -15.7. The first kappa shape index (κ1) is 37.2. The van der Waals surface area contributed by atoms with Crippen LogP contribution in [0.15, 0.2) is 0 Å². The van der Waals surface area contributed by atoms with Crippen LogP contribution in [-0.4, -0.2) is 101 Å². The summed E-state index contributed by atoms with van der Waals surface area (Å²) in [6.45, 7) is 0. The Labute approximate surface area is 158 Å². The average molecular weight is 378 g/mol. The molecule has 0 bridgehead atoms. The molecule has 96 valence electrons. The van der Waals surface area contributed by atoms with E-state index in [1.165, 1.54) is 0 Å². The third-order valence-electron chi connectivity index (χ3n) is 0. The molecule has 0 aliphatic rings. The summed E-state index contributed by atoms with van der Waals surface area (Å²) in [4.78, 5) is 49.9. The molecule has 0 heterocycles. The minimum atomic E-state index is -5.39. The second-order valence-electron chi connectivity index (χ2n) is 1.32. The first-order valence-electron chi connectivity index (χ1n) is 2.14. The fourth-order valence-corrected chi connectivity index (χ4v) is 0. The third-order valence-corrected chi connectivity index (χ3v) is 0. The molecule has 0 aliphatic heterocycles. The molecular weight excluding hydrogens is 377 g/mol. The molecule has 0 amide bonds. The van der Waals surface area contributed by atoms with Crippen molar-refractivity contribution in [1.29, 1.82) is 0 Å². The quantitative estimate of drug-likeness (QED) is 0.178. The molecule has 1 N–H and O–H groups in total. The van der Waals surface area contributed by atoms with Crippen LogP contribution in [0.5, 0.6) is 0 Å². The second kappa shape index (κ2) is 16.0. The zero-order valence-electron chi connectivity index (χ0n) is 8.23. The second-order valence-corrected chi connectivity index (χ2v) is 3.97.